The van der Waals surface area contributed by atoms with Crippen molar-refractivity contribution in [2.75, 3.05) is 6.73 Å². The fraction of sp³-hybridized carbons (Fsp3) is 0.167. The molecule has 0 N–H and O–H groups in total. The summed E-state index contributed by atoms with van der Waals surface area (Å²) in [6.07, 6.45) is 5.42. The number of benzene rings is 2. The third kappa shape index (κ3) is 3.30. The van der Waals surface area contributed by atoms with Crippen LogP contribution in [0.4, 0.5) is 0 Å². The van der Waals surface area contributed by atoms with Crippen LogP contribution >= 0.6 is 0 Å². The number of aromatic nitrogens is 1. The molecule has 0 unspecified atom stereocenters. The van der Waals surface area contributed by atoms with Crippen LogP contribution in [0.2, 0.25) is 0 Å². The van der Waals surface area contributed by atoms with Gasteiger partial charge in [0, 0.05) is 36.6 Å². The highest BCUT2D eigenvalue weighted by atomic mass is 16.5. The van der Waals surface area contributed by atoms with Crippen molar-refractivity contribution in [2.24, 2.45) is 0 Å². The van der Waals surface area contributed by atoms with E-state index in [2.05, 4.69) is 16.0 Å². The van der Waals surface area contributed by atoms with Crippen molar-refractivity contribution in [2.45, 2.75) is 20.0 Å². The third-order valence-corrected chi connectivity index (χ3v) is 5.23. The summed E-state index contributed by atoms with van der Waals surface area (Å²) in [5, 5.41) is 0. The number of ether oxygens (including phenoxy) is 2. The van der Waals surface area contributed by atoms with Gasteiger partial charge < -0.3 is 9.47 Å². The number of ketones is 1. The molecule has 5 nitrogen and oxygen atoms in total. The summed E-state index contributed by atoms with van der Waals surface area (Å²) in [6.45, 7) is 3.89. The Morgan fingerprint density at radius 2 is 2.00 bits per heavy atom. The number of rotatable bonds is 3. The Labute approximate surface area is 169 Å². The number of fused-ring (bicyclic) bond motifs is 2. The second-order valence-corrected chi connectivity index (χ2v) is 7.34. The van der Waals surface area contributed by atoms with E-state index < -0.39 is 0 Å². The summed E-state index contributed by atoms with van der Waals surface area (Å²) in [4.78, 5) is 19.3. The summed E-state index contributed by atoms with van der Waals surface area (Å²) < 4.78 is 12.0. The van der Waals surface area contributed by atoms with Gasteiger partial charge >= 0.3 is 0 Å². The number of allylic oxidation sites excluding steroid dienone is 1. The van der Waals surface area contributed by atoms with E-state index in [1.807, 2.05) is 55.6 Å². The van der Waals surface area contributed by atoms with E-state index in [9.17, 15) is 4.79 Å². The van der Waals surface area contributed by atoms with Gasteiger partial charge in [-0.3, -0.25) is 14.7 Å². The van der Waals surface area contributed by atoms with Gasteiger partial charge in [0.15, 0.2) is 5.76 Å². The van der Waals surface area contributed by atoms with Crippen molar-refractivity contribution in [1.29, 1.82) is 0 Å². The minimum atomic E-state index is -0.0841. The van der Waals surface area contributed by atoms with E-state index in [0.29, 0.717) is 30.3 Å². The Balaban J connectivity index is 1.44. The Bertz CT molecular complexity index is 1110. The van der Waals surface area contributed by atoms with Gasteiger partial charge in [-0.05, 0) is 36.3 Å². The van der Waals surface area contributed by atoms with Gasteiger partial charge in [-0.25, -0.2) is 0 Å². The molecule has 0 amide bonds. The van der Waals surface area contributed by atoms with E-state index in [-0.39, 0.29) is 5.78 Å². The minimum Gasteiger partial charge on any atom is -0.477 e. The second-order valence-electron chi connectivity index (χ2n) is 7.34. The number of carbonyl (C=O) groups is 1. The smallest absolute Gasteiger partial charge is 0.231 e. The van der Waals surface area contributed by atoms with Crippen LogP contribution in [0.25, 0.3) is 6.08 Å². The zero-order chi connectivity index (χ0) is 19.8. The minimum absolute atomic E-state index is 0.0841. The monoisotopic (exact) mass is 384 g/mol. The van der Waals surface area contributed by atoms with Crippen LogP contribution in [0.1, 0.15) is 32.6 Å². The Morgan fingerprint density at radius 3 is 2.79 bits per heavy atom. The first-order valence-electron chi connectivity index (χ1n) is 9.59. The zero-order valence-corrected chi connectivity index (χ0v) is 16.1. The van der Waals surface area contributed by atoms with E-state index in [0.717, 1.165) is 34.5 Å². The standard InChI is InChI=1S/C24H20N2O3/c1-16-23-19(14-26(15-28-23)13-18-8-5-9-25-12-18)11-20-22(27)21(29-24(16)20)10-17-6-3-2-4-7-17/h2-12H,13-15H2,1H3/b21-10-. The van der Waals surface area contributed by atoms with E-state index in [1.54, 1.807) is 12.3 Å². The molecule has 3 aromatic rings. The molecule has 0 fully saturated rings. The average molecular weight is 384 g/mol. The quantitative estimate of drug-likeness (QED) is 0.628. The molecule has 0 saturated heterocycles. The van der Waals surface area contributed by atoms with Crippen molar-refractivity contribution >= 4 is 11.9 Å². The molecular weight excluding hydrogens is 364 g/mol. The van der Waals surface area contributed by atoms with Crippen LogP contribution in [0.5, 0.6) is 11.5 Å². The van der Waals surface area contributed by atoms with Crippen molar-refractivity contribution in [3.63, 3.8) is 0 Å². The van der Waals surface area contributed by atoms with Crippen LogP contribution in [-0.2, 0) is 13.1 Å². The lowest BCUT2D eigenvalue weighted by molar-refractivity contribution is 0.0876. The summed E-state index contributed by atoms with van der Waals surface area (Å²) in [5.74, 6) is 1.69. The first-order chi connectivity index (χ1) is 14.2. The van der Waals surface area contributed by atoms with Gasteiger partial charge in [-0.15, -0.1) is 0 Å². The maximum Gasteiger partial charge on any atom is 0.231 e. The molecule has 29 heavy (non-hydrogen) atoms. The van der Waals surface area contributed by atoms with Crippen LogP contribution < -0.4 is 9.47 Å². The highest BCUT2D eigenvalue weighted by Crippen LogP contribution is 2.43. The molecule has 3 heterocycles. The van der Waals surface area contributed by atoms with Gasteiger partial charge in [0.25, 0.3) is 0 Å². The molecule has 2 aromatic carbocycles. The molecule has 0 aliphatic carbocycles. The molecule has 5 heteroatoms. The van der Waals surface area contributed by atoms with Crippen molar-refractivity contribution in [3.8, 4) is 11.5 Å². The molecule has 0 radical (unpaired) electrons. The van der Waals surface area contributed by atoms with Crippen molar-refractivity contribution < 1.29 is 14.3 Å². The highest BCUT2D eigenvalue weighted by Gasteiger charge is 2.33. The van der Waals surface area contributed by atoms with Gasteiger partial charge in [0.05, 0.1) is 5.56 Å². The summed E-state index contributed by atoms with van der Waals surface area (Å²) >= 11 is 0. The topological polar surface area (TPSA) is 51.7 Å². The number of nitrogens with zero attached hydrogens (tertiary/aromatic N) is 2. The molecule has 2 aliphatic heterocycles. The largest absolute Gasteiger partial charge is 0.477 e. The van der Waals surface area contributed by atoms with Crippen molar-refractivity contribution in [1.82, 2.24) is 9.88 Å². The average Bonchev–Trinajstić information content (AvgIpc) is 3.05. The van der Waals surface area contributed by atoms with E-state index in [4.69, 9.17) is 9.47 Å². The van der Waals surface area contributed by atoms with Gasteiger partial charge in [0.1, 0.15) is 18.2 Å². The number of hydrogen-bond donors (Lipinski definition) is 0. The van der Waals surface area contributed by atoms with Gasteiger partial charge in [0.2, 0.25) is 5.78 Å². The lowest BCUT2D eigenvalue weighted by atomic mass is 10.00. The van der Waals surface area contributed by atoms with Crippen LogP contribution in [-0.4, -0.2) is 22.4 Å². The maximum atomic E-state index is 13.0. The Kier molecular flexibility index (Phi) is 4.37. The van der Waals surface area contributed by atoms with Crippen molar-refractivity contribution in [3.05, 3.63) is 94.5 Å². The van der Waals surface area contributed by atoms with Crippen LogP contribution in [0.3, 0.4) is 0 Å². The predicted octanol–water partition coefficient (Wildman–Crippen LogP) is 4.36. The molecule has 144 valence electrons. The summed E-state index contributed by atoms with van der Waals surface area (Å²) in [6, 6.07) is 15.6. The zero-order valence-electron chi connectivity index (χ0n) is 16.1. The SMILES string of the molecule is Cc1c2c(cc3c1O/C(=C\c1ccccc1)C3=O)CN(Cc1cccnc1)CO2. The molecule has 2 aliphatic rings. The van der Waals surface area contributed by atoms with Gasteiger partial charge in [-0.1, -0.05) is 36.4 Å². The lowest BCUT2D eigenvalue weighted by Crippen LogP contribution is -2.32. The van der Waals surface area contributed by atoms with E-state index >= 15 is 0 Å². The molecule has 0 spiro atoms. The lowest BCUT2D eigenvalue weighted by Gasteiger charge is -2.30. The van der Waals surface area contributed by atoms with Gasteiger partial charge in [-0.2, -0.15) is 0 Å². The van der Waals surface area contributed by atoms with Crippen LogP contribution in [0.15, 0.2) is 66.7 Å². The fourth-order valence-corrected chi connectivity index (χ4v) is 3.85. The summed E-state index contributed by atoms with van der Waals surface area (Å²) in [5.41, 5.74) is 4.56. The van der Waals surface area contributed by atoms with Crippen LogP contribution in [0, 0.1) is 6.92 Å². The fourth-order valence-electron chi connectivity index (χ4n) is 3.85. The maximum absolute atomic E-state index is 13.0. The van der Waals surface area contributed by atoms with E-state index in [1.165, 1.54) is 0 Å². The molecular formula is C24H20N2O3. The number of Topliss-reactive ketones (excluding diaryl/α,β-unsaturated/α-hetero) is 1. The first kappa shape index (κ1) is 17.6. The predicted molar refractivity (Wildman–Crippen MR) is 110 cm³/mol. The molecule has 0 bridgehead atoms. The summed E-state index contributed by atoms with van der Waals surface area (Å²) in [7, 11) is 0. The molecule has 0 atom stereocenters. The first-order valence-corrected chi connectivity index (χ1v) is 9.59. The molecule has 1 aromatic heterocycles. The molecule has 5 rings (SSSR count). The third-order valence-electron chi connectivity index (χ3n) is 5.23. The molecule has 0 saturated carbocycles. The number of pyridine rings is 1. The highest BCUT2D eigenvalue weighted by molar-refractivity contribution is 6.15. The Morgan fingerprint density at radius 1 is 1.14 bits per heavy atom. The normalized spacial score (nSPS) is 16.9. The second kappa shape index (κ2) is 7.18. The Hall–Kier alpha value is -3.44. The number of hydrogen-bond acceptors (Lipinski definition) is 5. The number of carbonyl (C=O) groups excluding carboxylic acids is 1.